The Labute approximate surface area is 211 Å². The number of carbonyl (C=O) groups is 1. The number of alkyl halides is 3. The van der Waals surface area contributed by atoms with Gasteiger partial charge in [0.1, 0.15) is 0 Å². The van der Waals surface area contributed by atoms with Crippen LogP contribution in [0.3, 0.4) is 0 Å². The van der Waals surface area contributed by atoms with Crippen molar-refractivity contribution in [2.75, 3.05) is 24.5 Å². The van der Waals surface area contributed by atoms with Crippen LogP contribution in [0.2, 0.25) is 5.02 Å². The summed E-state index contributed by atoms with van der Waals surface area (Å²) in [6.45, 7) is 3.65. The summed E-state index contributed by atoms with van der Waals surface area (Å²) >= 11 is 6.63. The number of hydrogen-bond donors (Lipinski definition) is 0. The standard InChI is InChI=1S/C25H26ClF3N6O/c1-14-12-33(22-18-5-4-16(15-2-3-15)10-20(18)30-11-19(22)26)7-6-17(14)23(36)34-8-9-35-21(13-34)31-32-24(35)25(27,28)29/h4-5,10-11,14-15,17H,2-3,6-9,12-13H2,1H3. The number of pyridine rings is 1. The first-order chi connectivity index (χ1) is 17.2. The van der Waals surface area contributed by atoms with Gasteiger partial charge in [0.2, 0.25) is 11.7 Å². The molecule has 190 valence electrons. The Kier molecular flexibility index (Phi) is 5.62. The minimum Gasteiger partial charge on any atom is -0.369 e. The number of fused-ring (bicyclic) bond motifs is 2. The maximum absolute atomic E-state index is 13.4. The molecule has 0 spiro atoms. The van der Waals surface area contributed by atoms with Gasteiger partial charge in [-0.1, -0.05) is 30.7 Å². The molecule has 2 unspecified atom stereocenters. The van der Waals surface area contributed by atoms with Crippen molar-refractivity contribution in [3.05, 3.63) is 46.6 Å². The van der Waals surface area contributed by atoms with E-state index < -0.39 is 12.0 Å². The third-order valence-corrected chi connectivity index (χ3v) is 8.00. The second-order valence-corrected chi connectivity index (χ2v) is 10.6. The van der Waals surface area contributed by atoms with Crippen LogP contribution in [-0.2, 0) is 24.1 Å². The van der Waals surface area contributed by atoms with Gasteiger partial charge in [-0.3, -0.25) is 9.78 Å². The lowest BCUT2D eigenvalue weighted by Crippen LogP contribution is -2.49. The molecule has 7 nitrogen and oxygen atoms in total. The average Bonchev–Trinajstić information content (AvgIpc) is 3.60. The first-order valence-electron chi connectivity index (χ1n) is 12.3. The Hall–Kier alpha value is -2.88. The molecule has 1 saturated carbocycles. The van der Waals surface area contributed by atoms with Crippen molar-refractivity contribution in [2.45, 2.75) is 51.4 Å². The summed E-state index contributed by atoms with van der Waals surface area (Å²) in [6, 6.07) is 6.44. The molecule has 3 aliphatic rings. The van der Waals surface area contributed by atoms with Gasteiger partial charge in [-0.2, -0.15) is 13.2 Å². The Morgan fingerprint density at radius 2 is 1.92 bits per heavy atom. The first kappa shape index (κ1) is 23.5. The number of hydrogen-bond acceptors (Lipinski definition) is 5. The summed E-state index contributed by atoms with van der Waals surface area (Å²) in [4.78, 5) is 21.8. The third kappa shape index (κ3) is 4.09. The summed E-state index contributed by atoms with van der Waals surface area (Å²) in [5.74, 6) is -0.400. The van der Waals surface area contributed by atoms with Gasteiger partial charge in [-0.15, -0.1) is 10.2 Å². The van der Waals surface area contributed by atoms with Crippen LogP contribution >= 0.6 is 11.6 Å². The van der Waals surface area contributed by atoms with Gasteiger partial charge >= 0.3 is 6.18 Å². The number of carbonyl (C=O) groups excluding carboxylic acids is 1. The van der Waals surface area contributed by atoms with Crippen molar-refractivity contribution in [1.82, 2.24) is 24.6 Å². The smallest absolute Gasteiger partial charge is 0.369 e. The Balaban J connectivity index is 1.18. The average molecular weight is 519 g/mol. The minimum atomic E-state index is -4.56. The van der Waals surface area contributed by atoms with Gasteiger partial charge < -0.3 is 14.4 Å². The van der Waals surface area contributed by atoms with E-state index in [0.29, 0.717) is 30.5 Å². The molecule has 1 amide bonds. The van der Waals surface area contributed by atoms with Crippen LogP contribution < -0.4 is 4.90 Å². The molecule has 0 N–H and O–H groups in total. The van der Waals surface area contributed by atoms with Gasteiger partial charge in [0.25, 0.3) is 0 Å². The lowest BCUT2D eigenvalue weighted by atomic mass is 9.85. The topological polar surface area (TPSA) is 67.2 Å². The molecule has 36 heavy (non-hydrogen) atoms. The fourth-order valence-electron chi connectivity index (χ4n) is 5.67. The molecule has 4 heterocycles. The van der Waals surface area contributed by atoms with Crippen molar-refractivity contribution in [2.24, 2.45) is 11.8 Å². The van der Waals surface area contributed by atoms with E-state index in [-0.39, 0.29) is 43.2 Å². The van der Waals surface area contributed by atoms with Gasteiger partial charge in [0.15, 0.2) is 5.82 Å². The number of nitrogens with zero attached hydrogens (tertiary/aromatic N) is 6. The molecule has 2 fully saturated rings. The van der Waals surface area contributed by atoms with E-state index in [0.717, 1.165) is 21.2 Å². The summed E-state index contributed by atoms with van der Waals surface area (Å²) in [6.07, 6.45) is 0.235. The minimum absolute atomic E-state index is 0.0373. The molecule has 3 aromatic rings. The zero-order chi connectivity index (χ0) is 25.2. The van der Waals surface area contributed by atoms with Crippen molar-refractivity contribution in [1.29, 1.82) is 0 Å². The molecule has 2 aliphatic heterocycles. The Bertz CT molecular complexity index is 1340. The molecule has 2 atom stereocenters. The summed E-state index contributed by atoms with van der Waals surface area (Å²) in [5.41, 5.74) is 3.20. The zero-order valence-electron chi connectivity index (χ0n) is 19.8. The van der Waals surface area contributed by atoms with Crippen LogP contribution in [-0.4, -0.2) is 50.2 Å². The second kappa shape index (κ2) is 8.61. The second-order valence-electron chi connectivity index (χ2n) is 10.2. The van der Waals surface area contributed by atoms with Crippen molar-refractivity contribution in [3.63, 3.8) is 0 Å². The molecule has 11 heteroatoms. The maximum Gasteiger partial charge on any atom is 0.451 e. The van der Waals surface area contributed by atoms with E-state index in [1.165, 1.54) is 18.4 Å². The number of amides is 1. The molecule has 6 rings (SSSR count). The summed E-state index contributed by atoms with van der Waals surface area (Å²) < 4.78 is 40.5. The zero-order valence-corrected chi connectivity index (χ0v) is 20.6. The Morgan fingerprint density at radius 3 is 2.64 bits per heavy atom. The number of benzene rings is 1. The Morgan fingerprint density at radius 1 is 1.11 bits per heavy atom. The molecule has 2 aromatic heterocycles. The highest BCUT2D eigenvalue weighted by Gasteiger charge is 2.41. The molecule has 0 radical (unpaired) electrons. The molecule has 0 bridgehead atoms. The lowest BCUT2D eigenvalue weighted by Gasteiger charge is -2.40. The van der Waals surface area contributed by atoms with E-state index in [2.05, 4.69) is 38.3 Å². The number of piperidine rings is 1. The van der Waals surface area contributed by atoms with Crippen molar-refractivity contribution < 1.29 is 18.0 Å². The molecule has 1 aliphatic carbocycles. The van der Waals surface area contributed by atoms with E-state index in [1.807, 2.05) is 6.92 Å². The monoisotopic (exact) mass is 518 g/mol. The van der Waals surface area contributed by atoms with Gasteiger partial charge in [0, 0.05) is 43.7 Å². The molecular weight excluding hydrogens is 493 g/mol. The molecular formula is C25H26ClF3N6O. The van der Waals surface area contributed by atoms with Crippen LogP contribution in [0.25, 0.3) is 10.9 Å². The highest BCUT2D eigenvalue weighted by molar-refractivity contribution is 6.34. The van der Waals surface area contributed by atoms with E-state index >= 15 is 0 Å². The molecule has 1 saturated heterocycles. The number of aromatic nitrogens is 4. The highest BCUT2D eigenvalue weighted by Crippen LogP contribution is 2.43. The van der Waals surface area contributed by atoms with Crippen LogP contribution in [0.15, 0.2) is 24.4 Å². The first-order valence-corrected chi connectivity index (χ1v) is 12.7. The van der Waals surface area contributed by atoms with Gasteiger partial charge in [-0.25, -0.2) is 0 Å². The largest absolute Gasteiger partial charge is 0.451 e. The fraction of sp³-hybridized carbons (Fsp3) is 0.520. The SMILES string of the molecule is CC1CN(c2c(Cl)cnc3cc(C4CC4)ccc23)CCC1C(=O)N1CCn2c(nnc2C(F)(F)F)C1. The van der Waals surface area contributed by atoms with Crippen LogP contribution in [0.5, 0.6) is 0 Å². The summed E-state index contributed by atoms with van der Waals surface area (Å²) in [7, 11) is 0. The van der Waals surface area contributed by atoms with Crippen LogP contribution in [0.4, 0.5) is 18.9 Å². The predicted molar refractivity (Wildman–Crippen MR) is 129 cm³/mol. The van der Waals surface area contributed by atoms with Crippen LogP contribution in [0.1, 0.15) is 49.3 Å². The fourth-order valence-corrected chi connectivity index (χ4v) is 5.94. The molecule has 1 aromatic carbocycles. The summed E-state index contributed by atoms with van der Waals surface area (Å²) in [5, 5.41) is 8.62. The lowest BCUT2D eigenvalue weighted by molar-refractivity contribution is -0.148. The quantitative estimate of drug-likeness (QED) is 0.494. The maximum atomic E-state index is 13.4. The number of anilines is 1. The normalized spacial score (nSPS) is 22.7. The number of halogens is 4. The van der Waals surface area contributed by atoms with E-state index in [4.69, 9.17) is 11.6 Å². The number of rotatable bonds is 3. The van der Waals surface area contributed by atoms with Crippen molar-refractivity contribution in [3.8, 4) is 0 Å². The van der Waals surface area contributed by atoms with Crippen LogP contribution in [0, 0.1) is 11.8 Å². The highest BCUT2D eigenvalue weighted by atomic mass is 35.5. The predicted octanol–water partition coefficient (Wildman–Crippen LogP) is 4.88. The van der Waals surface area contributed by atoms with Crippen molar-refractivity contribution >= 4 is 34.1 Å². The van der Waals surface area contributed by atoms with Gasteiger partial charge in [-0.05, 0) is 42.7 Å². The van der Waals surface area contributed by atoms with Gasteiger partial charge in [0.05, 0.1) is 22.8 Å². The third-order valence-electron chi connectivity index (χ3n) is 7.73. The van der Waals surface area contributed by atoms with E-state index in [1.54, 1.807) is 11.1 Å². The van der Waals surface area contributed by atoms with E-state index in [9.17, 15) is 18.0 Å².